The van der Waals surface area contributed by atoms with Gasteiger partial charge in [0.1, 0.15) is 17.4 Å². The lowest BCUT2D eigenvalue weighted by Gasteiger charge is -2.18. The number of carbonyl (C=O) groups excluding carboxylic acids is 1. The number of benzene rings is 2. The van der Waals surface area contributed by atoms with Gasteiger partial charge in [0, 0.05) is 11.6 Å². The van der Waals surface area contributed by atoms with Crippen molar-refractivity contribution >= 4 is 11.7 Å². The lowest BCUT2D eigenvalue weighted by atomic mass is 10.1. The van der Waals surface area contributed by atoms with E-state index in [0.717, 1.165) is 22.6 Å². The molecule has 8 nitrogen and oxygen atoms in total. The number of anilines is 1. The van der Waals surface area contributed by atoms with Gasteiger partial charge in [-0.25, -0.2) is 9.97 Å². The predicted molar refractivity (Wildman–Crippen MR) is 116 cm³/mol. The summed E-state index contributed by atoms with van der Waals surface area (Å²) in [6.45, 7) is 5.73. The molecule has 160 valence electrons. The molecule has 1 amide bonds. The maximum absolute atomic E-state index is 11.3. The van der Waals surface area contributed by atoms with Crippen molar-refractivity contribution in [3.63, 3.8) is 0 Å². The first-order valence-electron chi connectivity index (χ1n) is 9.97. The molecule has 2 atom stereocenters. The molecule has 2 heterocycles. The number of nitrogens with zero attached hydrogens (tertiary/aromatic N) is 2. The van der Waals surface area contributed by atoms with Gasteiger partial charge in [0.25, 0.3) is 5.91 Å². The molecule has 0 aliphatic carbocycles. The van der Waals surface area contributed by atoms with Crippen molar-refractivity contribution in [1.29, 1.82) is 0 Å². The van der Waals surface area contributed by atoms with E-state index >= 15 is 0 Å². The lowest BCUT2D eigenvalue weighted by molar-refractivity contribution is -0.123. The number of hydrogen-bond donors (Lipinski definition) is 2. The highest BCUT2D eigenvalue weighted by Gasteiger charge is 2.16. The topological polar surface area (TPSA) is 109 Å². The van der Waals surface area contributed by atoms with Crippen molar-refractivity contribution in [3.8, 4) is 28.5 Å². The highest BCUT2D eigenvalue weighted by atomic mass is 16.7. The van der Waals surface area contributed by atoms with E-state index in [0.29, 0.717) is 23.1 Å². The second-order valence-electron chi connectivity index (χ2n) is 7.35. The minimum Gasteiger partial charge on any atom is -0.481 e. The Bertz CT molecular complexity index is 1120. The zero-order chi connectivity index (χ0) is 22.0. The molecule has 0 bridgehead atoms. The summed E-state index contributed by atoms with van der Waals surface area (Å²) in [5.74, 6) is 2.86. The summed E-state index contributed by atoms with van der Waals surface area (Å²) < 4.78 is 16.5. The van der Waals surface area contributed by atoms with Gasteiger partial charge >= 0.3 is 0 Å². The standard InChI is InChI=1S/C23H24N4O4/c1-13(16-5-4-6-18(9-16)31-14(2)23(24)28)25-22-11-19(26-15(3)27-22)17-7-8-20-21(10-17)30-12-29-20/h4-11,13-14H,12H2,1-3H3,(H2,24,28)(H,25,26,27). The average molecular weight is 420 g/mol. The van der Waals surface area contributed by atoms with Gasteiger partial charge in [0.05, 0.1) is 11.7 Å². The minimum atomic E-state index is -0.702. The highest BCUT2D eigenvalue weighted by molar-refractivity contribution is 5.78. The molecule has 3 aromatic rings. The third-order valence-corrected chi connectivity index (χ3v) is 4.94. The van der Waals surface area contributed by atoms with E-state index < -0.39 is 12.0 Å². The zero-order valence-corrected chi connectivity index (χ0v) is 17.6. The van der Waals surface area contributed by atoms with Crippen LogP contribution in [-0.2, 0) is 4.79 Å². The molecule has 0 saturated carbocycles. The molecule has 1 aromatic heterocycles. The summed E-state index contributed by atoms with van der Waals surface area (Å²) in [7, 11) is 0. The molecule has 31 heavy (non-hydrogen) atoms. The Labute approximate surface area is 180 Å². The van der Waals surface area contributed by atoms with E-state index in [9.17, 15) is 4.79 Å². The Morgan fingerprint density at radius 3 is 2.71 bits per heavy atom. The number of carbonyl (C=O) groups is 1. The maximum Gasteiger partial charge on any atom is 0.258 e. The Kier molecular flexibility index (Phi) is 5.62. The van der Waals surface area contributed by atoms with E-state index in [1.165, 1.54) is 0 Å². The Hall–Kier alpha value is -3.81. The highest BCUT2D eigenvalue weighted by Crippen LogP contribution is 2.36. The van der Waals surface area contributed by atoms with Crippen molar-refractivity contribution in [2.75, 3.05) is 12.1 Å². The molecular formula is C23H24N4O4. The zero-order valence-electron chi connectivity index (χ0n) is 17.6. The second-order valence-corrected chi connectivity index (χ2v) is 7.35. The molecule has 2 unspecified atom stereocenters. The van der Waals surface area contributed by atoms with Crippen LogP contribution in [0, 0.1) is 6.92 Å². The van der Waals surface area contributed by atoms with Crippen LogP contribution in [0.3, 0.4) is 0 Å². The van der Waals surface area contributed by atoms with Gasteiger partial charge < -0.3 is 25.3 Å². The smallest absolute Gasteiger partial charge is 0.258 e. The first kappa shape index (κ1) is 20.5. The largest absolute Gasteiger partial charge is 0.481 e. The number of hydrogen-bond acceptors (Lipinski definition) is 7. The molecule has 3 N–H and O–H groups in total. The summed E-state index contributed by atoms with van der Waals surface area (Å²) in [5, 5.41) is 3.41. The third-order valence-electron chi connectivity index (χ3n) is 4.94. The van der Waals surface area contributed by atoms with Gasteiger partial charge in [-0.1, -0.05) is 12.1 Å². The summed E-state index contributed by atoms with van der Waals surface area (Å²) in [6.07, 6.45) is -0.702. The van der Waals surface area contributed by atoms with Crippen molar-refractivity contribution in [3.05, 3.63) is 59.9 Å². The van der Waals surface area contributed by atoms with E-state index in [1.54, 1.807) is 13.0 Å². The van der Waals surface area contributed by atoms with E-state index in [1.807, 2.05) is 56.3 Å². The van der Waals surface area contributed by atoms with E-state index in [-0.39, 0.29) is 12.8 Å². The molecule has 8 heteroatoms. The molecular weight excluding hydrogens is 396 g/mol. The lowest BCUT2D eigenvalue weighted by Crippen LogP contribution is -2.30. The molecule has 0 spiro atoms. The number of nitrogens with one attached hydrogen (secondary N) is 1. The molecule has 2 aromatic carbocycles. The van der Waals surface area contributed by atoms with Crippen LogP contribution in [0.2, 0.25) is 0 Å². The third kappa shape index (κ3) is 4.69. The second kappa shape index (κ2) is 8.51. The van der Waals surface area contributed by atoms with Crippen LogP contribution in [-0.4, -0.2) is 28.8 Å². The number of ether oxygens (including phenoxy) is 3. The van der Waals surface area contributed by atoms with Crippen molar-refractivity contribution in [1.82, 2.24) is 9.97 Å². The minimum absolute atomic E-state index is 0.0636. The molecule has 1 aliphatic rings. The summed E-state index contributed by atoms with van der Waals surface area (Å²) in [5.41, 5.74) is 7.97. The van der Waals surface area contributed by atoms with Gasteiger partial charge in [-0.15, -0.1) is 0 Å². The number of rotatable bonds is 7. The van der Waals surface area contributed by atoms with Crippen LogP contribution in [0.5, 0.6) is 17.2 Å². The van der Waals surface area contributed by atoms with Crippen LogP contribution in [0.4, 0.5) is 5.82 Å². The number of fused-ring (bicyclic) bond motifs is 1. The number of aryl methyl sites for hydroxylation is 1. The molecule has 0 radical (unpaired) electrons. The summed E-state index contributed by atoms with van der Waals surface area (Å²) in [6, 6.07) is 15.1. The van der Waals surface area contributed by atoms with Gasteiger partial charge in [0.15, 0.2) is 17.6 Å². The first-order valence-corrected chi connectivity index (χ1v) is 9.97. The number of aromatic nitrogens is 2. The van der Waals surface area contributed by atoms with E-state index in [4.69, 9.17) is 19.9 Å². The van der Waals surface area contributed by atoms with Crippen molar-refractivity contribution in [2.45, 2.75) is 32.9 Å². The normalized spacial score (nSPS) is 14.0. The van der Waals surface area contributed by atoms with Crippen LogP contribution < -0.4 is 25.3 Å². The van der Waals surface area contributed by atoms with Crippen molar-refractivity contribution < 1.29 is 19.0 Å². The van der Waals surface area contributed by atoms with E-state index in [2.05, 4.69) is 15.3 Å². The predicted octanol–water partition coefficient (Wildman–Crippen LogP) is 3.61. The molecule has 0 saturated heterocycles. The fourth-order valence-corrected chi connectivity index (χ4v) is 3.27. The quantitative estimate of drug-likeness (QED) is 0.601. The SMILES string of the molecule is Cc1nc(NC(C)c2cccc(OC(C)C(N)=O)c2)cc(-c2ccc3c(c2)OCO3)n1. The van der Waals surface area contributed by atoms with Crippen LogP contribution in [0.15, 0.2) is 48.5 Å². The van der Waals surface area contributed by atoms with Crippen LogP contribution in [0.1, 0.15) is 31.3 Å². The first-order chi connectivity index (χ1) is 14.9. The maximum atomic E-state index is 11.3. The van der Waals surface area contributed by atoms with Gasteiger partial charge in [-0.05, 0) is 56.7 Å². The molecule has 4 rings (SSSR count). The summed E-state index contributed by atoms with van der Waals surface area (Å²) >= 11 is 0. The van der Waals surface area contributed by atoms with Crippen LogP contribution in [0.25, 0.3) is 11.3 Å². The van der Waals surface area contributed by atoms with Crippen LogP contribution >= 0.6 is 0 Å². The summed E-state index contributed by atoms with van der Waals surface area (Å²) in [4.78, 5) is 20.3. The molecule has 0 fully saturated rings. The van der Waals surface area contributed by atoms with Gasteiger partial charge in [-0.2, -0.15) is 0 Å². The number of primary amides is 1. The van der Waals surface area contributed by atoms with Gasteiger partial charge in [0.2, 0.25) is 6.79 Å². The van der Waals surface area contributed by atoms with Crippen molar-refractivity contribution in [2.24, 2.45) is 5.73 Å². The Morgan fingerprint density at radius 1 is 1.10 bits per heavy atom. The molecule has 1 aliphatic heterocycles. The fourth-order valence-electron chi connectivity index (χ4n) is 3.27. The average Bonchev–Trinajstić information content (AvgIpc) is 3.21. The number of amides is 1. The Balaban J connectivity index is 1.54. The number of nitrogens with two attached hydrogens (primary N) is 1. The van der Waals surface area contributed by atoms with Gasteiger partial charge in [-0.3, -0.25) is 4.79 Å². The fraction of sp³-hybridized carbons (Fsp3) is 0.261. The Morgan fingerprint density at radius 2 is 1.90 bits per heavy atom. The monoisotopic (exact) mass is 420 g/mol.